The van der Waals surface area contributed by atoms with E-state index in [4.69, 9.17) is 16.3 Å². The molecule has 5 heteroatoms. The average Bonchev–Trinajstić information content (AvgIpc) is 2.38. The predicted octanol–water partition coefficient (Wildman–Crippen LogP) is 3.41. The molecular weight excluding hydrogens is 282 g/mol. The first kappa shape index (κ1) is 16.3. The van der Waals surface area contributed by atoms with Crippen LogP contribution in [-0.4, -0.2) is 24.0 Å². The Balaban J connectivity index is 2.60. The van der Waals surface area contributed by atoms with Gasteiger partial charge in [0.2, 0.25) is 0 Å². The van der Waals surface area contributed by atoms with Gasteiger partial charge in [-0.05, 0) is 56.8 Å². The van der Waals surface area contributed by atoms with Crippen molar-refractivity contribution in [3.05, 3.63) is 29.8 Å². The molecule has 0 aliphatic carbocycles. The number of ether oxygens (including phenoxy) is 1. The van der Waals surface area contributed by atoms with Gasteiger partial charge in [-0.25, -0.2) is 4.72 Å². The van der Waals surface area contributed by atoms with Gasteiger partial charge in [-0.1, -0.05) is 12.1 Å². The number of rotatable bonds is 7. The first-order valence-corrected chi connectivity index (χ1v) is 7.61. The van der Waals surface area contributed by atoms with Crippen molar-refractivity contribution in [3.8, 4) is 0 Å². The van der Waals surface area contributed by atoms with Crippen molar-refractivity contribution in [2.45, 2.75) is 37.6 Å². The lowest BCUT2D eigenvalue weighted by atomic mass is 10.1. The van der Waals surface area contributed by atoms with E-state index in [1.807, 2.05) is 18.2 Å². The summed E-state index contributed by atoms with van der Waals surface area (Å²) in [5.74, 6) is 0.356. The van der Waals surface area contributed by atoms with Gasteiger partial charge < -0.3 is 4.74 Å². The average molecular weight is 302 g/mol. The first-order chi connectivity index (χ1) is 8.99. The van der Waals surface area contributed by atoms with Gasteiger partial charge in [0.15, 0.2) is 0 Å². The van der Waals surface area contributed by atoms with E-state index in [0.29, 0.717) is 12.5 Å². The van der Waals surface area contributed by atoms with E-state index < -0.39 is 5.54 Å². The summed E-state index contributed by atoms with van der Waals surface area (Å²) in [6.45, 7) is 5.80. The van der Waals surface area contributed by atoms with Crippen LogP contribution < -0.4 is 4.72 Å². The number of hydrogen-bond donors (Lipinski definition) is 1. The second-order valence-electron chi connectivity index (χ2n) is 4.64. The fourth-order valence-corrected chi connectivity index (χ4v) is 2.44. The van der Waals surface area contributed by atoms with Crippen LogP contribution in [0.3, 0.4) is 0 Å². The van der Waals surface area contributed by atoms with Crippen LogP contribution in [0.2, 0.25) is 0 Å². The number of esters is 1. The molecule has 19 heavy (non-hydrogen) atoms. The molecule has 0 bridgehead atoms. The second kappa shape index (κ2) is 7.78. The highest BCUT2D eigenvalue weighted by atomic mass is 35.5. The van der Waals surface area contributed by atoms with Gasteiger partial charge in [-0.2, -0.15) is 0 Å². The normalized spacial score (nSPS) is 11.4. The van der Waals surface area contributed by atoms with Crippen molar-refractivity contribution in [1.82, 2.24) is 4.72 Å². The Kier molecular flexibility index (Phi) is 6.69. The lowest BCUT2D eigenvalue weighted by Crippen LogP contribution is -2.44. The van der Waals surface area contributed by atoms with E-state index in [9.17, 15) is 4.79 Å². The molecule has 0 aromatic heterocycles. The Morgan fingerprint density at radius 2 is 2.21 bits per heavy atom. The third kappa shape index (κ3) is 5.43. The monoisotopic (exact) mass is 301 g/mol. The molecule has 106 valence electrons. The molecule has 0 aliphatic rings. The predicted molar refractivity (Wildman–Crippen MR) is 80.6 cm³/mol. The van der Waals surface area contributed by atoms with Crippen LogP contribution in [0.25, 0.3) is 0 Å². The van der Waals surface area contributed by atoms with Gasteiger partial charge in [0.1, 0.15) is 5.54 Å². The van der Waals surface area contributed by atoms with Crippen LogP contribution >= 0.6 is 23.5 Å². The van der Waals surface area contributed by atoms with Crippen molar-refractivity contribution in [3.63, 3.8) is 0 Å². The third-order valence-electron chi connectivity index (χ3n) is 2.49. The number of aryl methyl sites for hydroxylation is 1. The van der Waals surface area contributed by atoms with Gasteiger partial charge in [-0.15, -0.1) is 11.6 Å². The molecule has 0 unspecified atom stereocenters. The summed E-state index contributed by atoms with van der Waals surface area (Å²) in [6.07, 6.45) is 0.844. The summed E-state index contributed by atoms with van der Waals surface area (Å²) < 4.78 is 8.16. The van der Waals surface area contributed by atoms with Crippen molar-refractivity contribution in [1.29, 1.82) is 0 Å². The molecule has 0 fully saturated rings. The smallest absolute Gasteiger partial charge is 0.326 e. The van der Waals surface area contributed by atoms with E-state index in [-0.39, 0.29) is 5.97 Å². The molecule has 0 aliphatic heterocycles. The zero-order valence-electron chi connectivity index (χ0n) is 11.5. The Bertz CT molecular complexity index is 424. The first-order valence-electron chi connectivity index (χ1n) is 6.25. The van der Waals surface area contributed by atoms with E-state index >= 15 is 0 Å². The Hall–Kier alpha value is -0.710. The molecule has 0 heterocycles. The SMILES string of the molecule is CCOC(=O)C(C)(C)NSc1cccc(CCCl)c1. The summed E-state index contributed by atoms with van der Waals surface area (Å²) in [5, 5.41) is 0. The largest absolute Gasteiger partial charge is 0.465 e. The van der Waals surface area contributed by atoms with Gasteiger partial charge in [0, 0.05) is 10.8 Å². The van der Waals surface area contributed by atoms with E-state index in [1.54, 1.807) is 20.8 Å². The molecule has 1 rings (SSSR count). The number of carbonyl (C=O) groups is 1. The molecule has 0 radical (unpaired) electrons. The minimum absolute atomic E-state index is 0.251. The standard InChI is InChI=1S/C14H20ClNO2S/c1-4-18-13(17)14(2,3)16-19-12-7-5-6-11(10-12)8-9-15/h5-7,10,16H,4,8-9H2,1-3H3. The summed E-state index contributed by atoms with van der Waals surface area (Å²) in [7, 11) is 0. The van der Waals surface area contributed by atoms with Crippen molar-refractivity contribution >= 4 is 29.5 Å². The molecule has 0 amide bonds. The highest BCUT2D eigenvalue weighted by Crippen LogP contribution is 2.20. The van der Waals surface area contributed by atoms with Gasteiger partial charge in [0.05, 0.1) is 6.61 Å². The number of benzene rings is 1. The van der Waals surface area contributed by atoms with Crippen LogP contribution in [0.4, 0.5) is 0 Å². The quantitative estimate of drug-likeness (QED) is 0.476. The summed E-state index contributed by atoms with van der Waals surface area (Å²) in [5.41, 5.74) is 0.471. The molecule has 1 aromatic carbocycles. The Labute approximate surface area is 124 Å². The maximum Gasteiger partial charge on any atom is 0.326 e. The molecule has 1 N–H and O–H groups in total. The van der Waals surface area contributed by atoms with Crippen molar-refractivity contribution in [2.24, 2.45) is 0 Å². The maximum atomic E-state index is 11.7. The van der Waals surface area contributed by atoms with Crippen LogP contribution in [0, 0.1) is 0 Å². The zero-order valence-corrected chi connectivity index (χ0v) is 13.1. The van der Waals surface area contributed by atoms with Gasteiger partial charge in [-0.3, -0.25) is 4.79 Å². The van der Waals surface area contributed by atoms with Crippen LogP contribution in [-0.2, 0) is 16.0 Å². The van der Waals surface area contributed by atoms with Crippen LogP contribution in [0.5, 0.6) is 0 Å². The van der Waals surface area contributed by atoms with E-state index in [2.05, 4.69) is 10.8 Å². The molecule has 0 atom stereocenters. The van der Waals surface area contributed by atoms with E-state index in [0.717, 1.165) is 11.3 Å². The third-order valence-corrected chi connectivity index (χ3v) is 3.78. The fraction of sp³-hybridized carbons (Fsp3) is 0.500. The molecule has 0 spiro atoms. The lowest BCUT2D eigenvalue weighted by molar-refractivity contribution is -0.148. The van der Waals surface area contributed by atoms with Crippen molar-refractivity contribution < 1.29 is 9.53 Å². The second-order valence-corrected chi connectivity index (χ2v) is 5.89. The molecule has 0 saturated carbocycles. The highest BCUT2D eigenvalue weighted by Gasteiger charge is 2.28. The highest BCUT2D eigenvalue weighted by molar-refractivity contribution is 7.97. The topological polar surface area (TPSA) is 38.3 Å². The number of hydrogen-bond acceptors (Lipinski definition) is 4. The molecule has 1 aromatic rings. The lowest BCUT2D eigenvalue weighted by Gasteiger charge is -2.23. The Morgan fingerprint density at radius 3 is 2.84 bits per heavy atom. The molecular formula is C14H20ClNO2S. The minimum atomic E-state index is -0.719. The Morgan fingerprint density at radius 1 is 1.47 bits per heavy atom. The van der Waals surface area contributed by atoms with Crippen LogP contribution in [0.15, 0.2) is 29.2 Å². The number of alkyl halides is 1. The number of carbonyl (C=O) groups excluding carboxylic acids is 1. The molecule has 0 saturated heterocycles. The zero-order chi connectivity index (χ0) is 14.3. The fourth-order valence-electron chi connectivity index (χ4n) is 1.41. The van der Waals surface area contributed by atoms with Crippen molar-refractivity contribution in [2.75, 3.05) is 12.5 Å². The number of halogens is 1. The van der Waals surface area contributed by atoms with E-state index in [1.165, 1.54) is 17.5 Å². The summed E-state index contributed by atoms with van der Waals surface area (Å²) >= 11 is 7.16. The van der Waals surface area contributed by atoms with Gasteiger partial charge in [0.25, 0.3) is 0 Å². The minimum Gasteiger partial charge on any atom is -0.465 e. The number of nitrogens with one attached hydrogen (secondary N) is 1. The molecule has 3 nitrogen and oxygen atoms in total. The van der Waals surface area contributed by atoms with Gasteiger partial charge >= 0.3 is 5.97 Å². The summed E-state index contributed by atoms with van der Waals surface area (Å²) in [4.78, 5) is 12.8. The van der Waals surface area contributed by atoms with Crippen LogP contribution in [0.1, 0.15) is 26.3 Å². The maximum absolute atomic E-state index is 11.7. The summed E-state index contributed by atoms with van der Waals surface area (Å²) in [6, 6.07) is 8.10.